The van der Waals surface area contributed by atoms with Crippen molar-refractivity contribution in [2.24, 2.45) is 5.92 Å². The molecule has 0 atom stereocenters. The van der Waals surface area contributed by atoms with Gasteiger partial charge in [0, 0.05) is 19.4 Å². The van der Waals surface area contributed by atoms with Crippen molar-refractivity contribution < 1.29 is 24.2 Å². The van der Waals surface area contributed by atoms with Crippen LogP contribution in [0.1, 0.15) is 188 Å². The number of hydrogen-bond acceptors (Lipinski definition) is 6. The van der Waals surface area contributed by atoms with E-state index in [2.05, 4.69) is 32.6 Å². The van der Waals surface area contributed by atoms with Crippen molar-refractivity contribution in [1.82, 2.24) is 4.90 Å². The van der Waals surface area contributed by atoms with Gasteiger partial charge in [0.25, 0.3) is 0 Å². The standard InChI is InChI=1S/C38H75NO5/c1-5-9-17-25-36(26-18-10-6-2)44-38(42)28-20-14-12-16-22-31-39(32-33-40)30-21-15-11-13-19-27-37(41)43-34-29-35(23-7-3)24-8-4/h35-36,40H,5-34H2,1-4H3. The molecule has 1 N–H and O–H groups in total. The van der Waals surface area contributed by atoms with Crippen molar-refractivity contribution in [3.8, 4) is 0 Å². The molecule has 0 radical (unpaired) electrons. The van der Waals surface area contributed by atoms with Crippen LogP contribution in [-0.2, 0) is 19.1 Å². The zero-order valence-electron chi connectivity index (χ0n) is 29.9. The topological polar surface area (TPSA) is 76.1 Å². The molecule has 0 aromatic heterocycles. The van der Waals surface area contributed by atoms with E-state index in [-0.39, 0.29) is 24.6 Å². The van der Waals surface area contributed by atoms with E-state index in [0.717, 1.165) is 103 Å². The maximum atomic E-state index is 12.4. The van der Waals surface area contributed by atoms with Crippen LogP contribution in [0.3, 0.4) is 0 Å². The first-order chi connectivity index (χ1) is 21.5. The Labute approximate surface area is 273 Å². The van der Waals surface area contributed by atoms with Crippen molar-refractivity contribution in [3.63, 3.8) is 0 Å². The number of rotatable bonds is 34. The van der Waals surface area contributed by atoms with Gasteiger partial charge in [0.1, 0.15) is 6.10 Å². The zero-order valence-corrected chi connectivity index (χ0v) is 29.9. The molecule has 0 heterocycles. The van der Waals surface area contributed by atoms with Gasteiger partial charge in [-0.05, 0) is 76.8 Å². The Kier molecular flexibility index (Phi) is 32.4. The van der Waals surface area contributed by atoms with Crippen molar-refractivity contribution in [1.29, 1.82) is 0 Å². The fourth-order valence-electron chi connectivity index (χ4n) is 6.16. The van der Waals surface area contributed by atoms with Crippen molar-refractivity contribution in [2.45, 2.75) is 194 Å². The van der Waals surface area contributed by atoms with Gasteiger partial charge in [-0.2, -0.15) is 0 Å². The Hall–Kier alpha value is -1.14. The number of aliphatic hydroxyl groups excluding tert-OH is 1. The summed E-state index contributed by atoms with van der Waals surface area (Å²) in [7, 11) is 0. The summed E-state index contributed by atoms with van der Waals surface area (Å²) in [6.07, 6.45) is 27.2. The van der Waals surface area contributed by atoms with Gasteiger partial charge in [0.2, 0.25) is 0 Å². The monoisotopic (exact) mass is 626 g/mol. The van der Waals surface area contributed by atoms with E-state index in [1.165, 1.54) is 64.2 Å². The minimum atomic E-state index is -0.0324. The number of nitrogens with zero attached hydrogens (tertiary/aromatic N) is 1. The minimum absolute atomic E-state index is 0.00430. The lowest BCUT2D eigenvalue weighted by Crippen LogP contribution is -2.29. The summed E-state index contributed by atoms with van der Waals surface area (Å²) < 4.78 is 11.3. The van der Waals surface area contributed by atoms with Gasteiger partial charge in [0.05, 0.1) is 13.2 Å². The molecule has 262 valence electrons. The highest BCUT2D eigenvalue weighted by Crippen LogP contribution is 2.18. The molecular formula is C38H75NO5. The molecule has 6 nitrogen and oxygen atoms in total. The zero-order chi connectivity index (χ0) is 32.5. The summed E-state index contributed by atoms with van der Waals surface area (Å²) in [4.78, 5) is 26.8. The van der Waals surface area contributed by atoms with E-state index in [0.29, 0.717) is 25.4 Å². The van der Waals surface area contributed by atoms with E-state index in [1.807, 2.05) is 0 Å². The quantitative estimate of drug-likeness (QED) is 0.0566. The van der Waals surface area contributed by atoms with Crippen LogP contribution in [0.2, 0.25) is 0 Å². The Morgan fingerprint density at radius 3 is 1.55 bits per heavy atom. The molecule has 0 fully saturated rings. The molecular weight excluding hydrogens is 550 g/mol. The molecule has 0 amide bonds. The number of ether oxygens (including phenoxy) is 2. The SMILES string of the molecule is CCCCCC(CCCCC)OC(=O)CCCCCCCN(CCO)CCCCCCCC(=O)OCCC(CCC)CCC. The second-order valence-electron chi connectivity index (χ2n) is 13.2. The molecule has 0 rings (SSSR count). The highest BCUT2D eigenvalue weighted by Gasteiger charge is 2.14. The van der Waals surface area contributed by atoms with Gasteiger partial charge >= 0.3 is 11.9 Å². The van der Waals surface area contributed by atoms with Crippen LogP contribution in [0.25, 0.3) is 0 Å². The van der Waals surface area contributed by atoms with Gasteiger partial charge in [-0.3, -0.25) is 9.59 Å². The van der Waals surface area contributed by atoms with Crippen molar-refractivity contribution >= 4 is 11.9 Å². The van der Waals surface area contributed by atoms with Crippen LogP contribution in [0, 0.1) is 5.92 Å². The molecule has 0 spiro atoms. The molecule has 0 bridgehead atoms. The number of aliphatic hydroxyl groups is 1. The molecule has 0 aromatic carbocycles. The number of esters is 2. The Morgan fingerprint density at radius 1 is 0.545 bits per heavy atom. The molecule has 44 heavy (non-hydrogen) atoms. The lowest BCUT2D eigenvalue weighted by molar-refractivity contribution is -0.150. The Balaban J connectivity index is 3.87. The minimum Gasteiger partial charge on any atom is -0.466 e. The predicted molar refractivity (Wildman–Crippen MR) is 186 cm³/mol. The summed E-state index contributed by atoms with van der Waals surface area (Å²) in [6.45, 7) is 12.5. The normalized spacial score (nSPS) is 11.6. The maximum absolute atomic E-state index is 12.4. The van der Waals surface area contributed by atoms with Gasteiger partial charge in [-0.1, -0.05) is 118 Å². The first-order valence-electron chi connectivity index (χ1n) is 19.2. The number of unbranched alkanes of at least 4 members (excludes halogenated alkanes) is 12. The smallest absolute Gasteiger partial charge is 0.306 e. The third-order valence-corrected chi connectivity index (χ3v) is 8.87. The van der Waals surface area contributed by atoms with Gasteiger partial charge in [-0.25, -0.2) is 0 Å². The highest BCUT2D eigenvalue weighted by molar-refractivity contribution is 5.69. The largest absolute Gasteiger partial charge is 0.466 e. The third kappa shape index (κ3) is 28.3. The lowest BCUT2D eigenvalue weighted by Gasteiger charge is -2.21. The maximum Gasteiger partial charge on any atom is 0.306 e. The highest BCUT2D eigenvalue weighted by atomic mass is 16.5. The summed E-state index contributed by atoms with van der Waals surface area (Å²) in [6, 6.07) is 0. The van der Waals surface area contributed by atoms with Gasteiger partial charge < -0.3 is 19.5 Å². The van der Waals surface area contributed by atoms with Crippen LogP contribution in [0.5, 0.6) is 0 Å². The van der Waals surface area contributed by atoms with Crippen molar-refractivity contribution in [2.75, 3.05) is 32.8 Å². The van der Waals surface area contributed by atoms with E-state index >= 15 is 0 Å². The number of carbonyl (C=O) groups excluding carboxylic acids is 2. The summed E-state index contributed by atoms with van der Waals surface area (Å²) in [5, 5.41) is 9.49. The first-order valence-corrected chi connectivity index (χ1v) is 19.2. The number of hydrogen-bond donors (Lipinski definition) is 1. The molecule has 0 aliphatic heterocycles. The summed E-state index contributed by atoms with van der Waals surface area (Å²) >= 11 is 0. The van der Waals surface area contributed by atoms with Crippen LogP contribution in [-0.4, -0.2) is 60.9 Å². The van der Waals surface area contributed by atoms with Gasteiger partial charge in [-0.15, -0.1) is 0 Å². The average molecular weight is 626 g/mol. The number of carbonyl (C=O) groups is 2. The fraction of sp³-hybridized carbons (Fsp3) is 0.947. The van der Waals surface area contributed by atoms with E-state index in [9.17, 15) is 14.7 Å². The lowest BCUT2D eigenvalue weighted by atomic mass is 9.95. The second kappa shape index (κ2) is 33.2. The first kappa shape index (κ1) is 42.9. The molecule has 6 heteroatoms. The molecule has 0 aliphatic rings. The predicted octanol–water partition coefficient (Wildman–Crippen LogP) is 10.2. The molecule has 0 unspecified atom stereocenters. The summed E-state index contributed by atoms with van der Waals surface area (Å²) in [5.41, 5.74) is 0. The second-order valence-corrected chi connectivity index (χ2v) is 13.2. The fourth-order valence-corrected chi connectivity index (χ4v) is 6.16. The van der Waals surface area contributed by atoms with Crippen LogP contribution in [0.15, 0.2) is 0 Å². The molecule has 0 saturated carbocycles. The van der Waals surface area contributed by atoms with Crippen LogP contribution >= 0.6 is 0 Å². The van der Waals surface area contributed by atoms with Crippen molar-refractivity contribution in [3.05, 3.63) is 0 Å². The molecule has 0 aliphatic carbocycles. The Morgan fingerprint density at radius 2 is 1.05 bits per heavy atom. The third-order valence-electron chi connectivity index (χ3n) is 8.87. The average Bonchev–Trinajstić information content (AvgIpc) is 3.00. The van der Waals surface area contributed by atoms with E-state index in [4.69, 9.17) is 9.47 Å². The van der Waals surface area contributed by atoms with E-state index in [1.54, 1.807) is 0 Å². The Bertz CT molecular complexity index is 612. The molecule has 0 aromatic rings. The van der Waals surface area contributed by atoms with Crippen LogP contribution < -0.4 is 0 Å². The molecule has 0 saturated heterocycles. The van der Waals surface area contributed by atoms with Gasteiger partial charge in [0.15, 0.2) is 0 Å². The van der Waals surface area contributed by atoms with Crippen LogP contribution in [0.4, 0.5) is 0 Å². The summed E-state index contributed by atoms with van der Waals surface area (Å²) in [5.74, 6) is 0.661. The van der Waals surface area contributed by atoms with E-state index < -0.39 is 0 Å².